The lowest BCUT2D eigenvalue weighted by Crippen LogP contribution is -2.38. The van der Waals surface area contributed by atoms with Crippen molar-refractivity contribution in [3.63, 3.8) is 0 Å². The Balaban J connectivity index is 2.40. The first kappa shape index (κ1) is 15.1. The van der Waals surface area contributed by atoms with Crippen molar-refractivity contribution in [1.29, 1.82) is 0 Å². The predicted molar refractivity (Wildman–Crippen MR) is 87.5 cm³/mol. The molecule has 20 heavy (non-hydrogen) atoms. The third kappa shape index (κ3) is 3.23. The molecule has 0 amide bonds. The van der Waals surface area contributed by atoms with Crippen molar-refractivity contribution in [1.82, 2.24) is 5.32 Å². The van der Waals surface area contributed by atoms with Crippen LogP contribution in [-0.4, -0.2) is 13.6 Å². The Morgan fingerprint density at radius 2 is 1.65 bits per heavy atom. The monoisotopic (exact) mass is 287 g/mol. The Morgan fingerprint density at radius 1 is 1.00 bits per heavy atom. The normalized spacial score (nSPS) is 13.9. The highest BCUT2D eigenvalue weighted by Crippen LogP contribution is 2.33. The Kier molecular flexibility index (Phi) is 5.22. The van der Waals surface area contributed by atoms with Crippen LogP contribution in [0, 0.1) is 0 Å². The topological polar surface area (TPSA) is 12.0 Å². The van der Waals surface area contributed by atoms with Gasteiger partial charge in [-0.3, -0.25) is 0 Å². The largest absolute Gasteiger partial charge is 0.319 e. The van der Waals surface area contributed by atoms with Gasteiger partial charge in [0, 0.05) is 17.0 Å². The molecule has 1 N–H and O–H groups in total. The molecule has 0 aliphatic heterocycles. The fourth-order valence-corrected chi connectivity index (χ4v) is 3.06. The summed E-state index contributed by atoms with van der Waals surface area (Å²) in [5.74, 6) is 0. The molecule has 2 rings (SSSR count). The van der Waals surface area contributed by atoms with E-state index in [1.807, 2.05) is 19.2 Å². The van der Waals surface area contributed by atoms with Crippen molar-refractivity contribution in [3.8, 4) is 0 Å². The van der Waals surface area contributed by atoms with Gasteiger partial charge in [-0.15, -0.1) is 0 Å². The molecule has 1 atom stereocenters. The highest BCUT2D eigenvalue weighted by Gasteiger charge is 2.30. The van der Waals surface area contributed by atoms with Crippen LogP contribution in [-0.2, 0) is 11.8 Å². The van der Waals surface area contributed by atoms with Gasteiger partial charge < -0.3 is 5.32 Å². The summed E-state index contributed by atoms with van der Waals surface area (Å²) in [5, 5.41) is 4.21. The second-order valence-electron chi connectivity index (χ2n) is 5.30. The van der Waals surface area contributed by atoms with Crippen LogP contribution in [0.4, 0.5) is 0 Å². The summed E-state index contributed by atoms with van der Waals surface area (Å²) in [7, 11) is 2.01. The van der Waals surface area contributed by atoms with Crippen LogP contribution in [0.3, 0.4) is 0 Å². The molecule has 0 saturated carbocycles. The molecule has 106 valence electrons. The average molecular weight is 288 g/mol. The molecule has 1 nitrogen and oxygen atoms in total. The number of likely N-dealkylation sites (N-methyl/N-ethyl adjacent to an activating group) is 1. The summed E-state index contributed by atoms with van der Waals surface area (Å²) in [6, 6.07) is 18.9. The van der Waals surface area contributed by atoms with Gasteiger partial charge in [-0.2, -0.15) is 0 Å². The first-order valence-electron chi connectivity index (χ1n) is 7.15. The molecule has 0 saturated heterocycles. The summed E-state index contributed by atoms with van der Waals surface area (Å²) < 4.78 is 0. The van der Waals surface area contributed by atoms with E-state index < -0.39 is 0 Å². The maximum absolute atomic E-state index is 6.35. The molecular formula is C18H22ClN. The van der Waals surface area contributed by atoms with Crippen LogP contribution in [0.1, 0.15) is 24.5 Å². The summed E-state index contributed by atoms with van der Waals surface area (Å²) in [6.07, 6.45) is 2.02. The average Bonchev–Trinajstić information content (AvgIpc) is 2.50. The van der Waals surface area contributed by atoms with E-state index in [9.17, 15) is 0 Å². The lowest BCUT2D eigenvalue weighted by atomic mass is 9.73. The molecule has 0 heterocycles. The third-order valence-electron chi connectivity index (χ3n) is 4.06. The minimum atomic E-state index is 0.0843. The lowest BCUT2D eigenvalue weighted by Gasteiger charge is -2.34. The van der Waals surface area contributed by atoms with E-state index in [0.29, 0.717) is 0 Å². The molecular weight excluding hydrogens is 266 g/mol. The van der Waals surface area contributed by atoms with Gasteiger partial charge in [0.2, 0.25) is 0 Å². The van der Waals surface area contributed by atoms with Crippen LogP contribution in [0.2, 0.25) is 5.02 Å². The summed E-state index contributed by atoms with van der Waals surface area (Å²) in [4.78, 5) is 0. The number of halogens is 1. The Morgan fingerprint density at radius 3 is 2.25 bits per heavy atom. The van der Waals surface area contributed by atoms with E-state index in [-0.39, 0.29) is 5.41 Å². The van der Waals surface area contributed by atoms with Crippen molar-refractivity contribution in [2.75, 3.05) is 13.6 Å². The van der Waals surface area contributed by atoms with E-state index in [2.05, 4.69) is 54.7 Å². The maximum Gasteiger partial charge on any atom is 0.0438 e. The van der Waals surface area contributed by atoms with E-state index in [1.54, 1.807) is 0 Å². The minimum Gasteiger partial charge on any atom is -0.319 e. The maximum atomic E-state index is 6.35. The molecule has 0 aliphatic carbocycles. The van der Waals surface area contributed by atoms with Gasteiger partial charge >= 0.3 is 0 Å². The Bertz CT molecular complexity index is 538. The smallest absolute Gasteiger partial charge is 0.0438 e. The lowest BCUT2D eigenvalue weighted by molar-refractivity contribution is 0.391. The van der Waals surface area contributed by atoms with Crippen molar-refractivity contribution < 1.29 is 0 Å². The molecule has 2 heteroatoms. The van der Waals surface area contributed by atoms with E-state index in [0.717, 1.165) is 24.4 Å². The zero-order chi connectivity index (χ0) is 14.4. The highest BCUT2D eigenvalue weighted by atomic mass is 35.5. The summed E-state index contributed by atoms with van der Waals surface area (Å²) >= 11 is 6.35. The van der Waals surface area contributed by atoms with Crippen LogP contribution < -0.4 is 5.32 Å². The van der Waals surface area contributed by atoms with Crippen LogP contribution in [0.5, 0.6) is 0 Å². The molecule has 0 fully saturated rings. The molecule has 0 spiro atoms. The molecule has 0 aliphatic rings. The molecule has 0 bridgehead atoms. The summed E-state index contributed by atoms with van der Waals surface area (Å²) in [6.45, 7) is 3.19. The Hall–Kier alpha value is -1.31. The zero-order valence-corrected chi connectivity index (χ0v) is 13.0. The third-order valence-corrected chi connectivity index (χ3v) is 4.43. The Labute approximate surface area is 127 Å². The predicted octanol–water partition coefficient (Wildman–Crippen LogP) is 4.45. The molecule has 0 radical (unpaired) electrons. The van der Waals surface area contributed by atoms with Gasteiger partial charge in [0.15, 0.2) is 0 Å². The van der Waals surface area contributed by atoms with Gasteiger partial charge in [-0.1, -0.05) is 67.1 Å². The van der Waals surface area contributed by atoms with Crippen LogP contribution >= 0.6 is 11.6 Å². The fraction of sp³-hybridized carbons (Fsp3) is 0.333. The first-order valence-corrected chi connectivity index (χ1v) is 7.53. The quantitative estimate of drug-likeness (QED) is 0.828. The second-order valence-corrected chi connectivity index (χ2v) is 5.71. The van der Waals surface area contributed by atoms with Gasteiger partial charge in [0.25, 0.3) is 0 Å². The zero-order valence-electron chi connectivity index (χ0n) is 12.2. The number of benzene rings is 2. The van der Waals surface area contributed by atoms with Crippen LogP contribution in [0.25, 0.3) is 0 Å². The molecule has 2 aromatic carbocycles. The molecule has 0 aromatic heterocycles. The molecule has 2 aromatic rings. The standard InChI is InChI=1S/C18H22ClN/c1-3-18(14-20-2,16-10-5-4-6-11-16)13-15-9-7-8-12-17(15)19/h4-12,20H,3,13-14H2,1-2H3. The summed E-state index contributed by atoms with van der Waals surface area (Å²) in [5.41, 5.74) is 2.67. The molecule has 1 unspecified atom stereocenters. The number of nitrogens with one attached hydrogen (secondary N) is 1. The van der Waals surface area contributed by atoms with Crippen LogP contribution in [0.15, 0.2) is 54.6 Å². The minimum absolute atomic E-state index is 0.0843. The van der Waals surface area contributed by atoms with Gasteiger partial charge in [-0.25, -0.2) is 0 Å². The number of hydrogen-bond acceptors (Lipinski definition) is 1. The first-order chi connectivity index (χ1) is 9.72. The number of rotatable bonds is 6. The second kappa shape index (κ2) is 6.92. The fourth-order valence-electron chi connectivity index (χ4n) is 2.86. The SMILES string of the molecule is CCC(CNC)(Cc1ccccc1Cl)c1ccccc1. The van der Waals surface area contributed by atoms with Gasteiger partial charge in [0.1, 0.15) is 0 Å². The highest BCUT2D eigenvalue weighted by molar-refractivity contribution is 6.31. The van der Waals surface area contributed by atoms with E-state index in [1.165, 1.54) is 11.1 Å². The van der Waals surface area contributed by atoms with Crippen molar-refractivity contribution in [2.24, 2.45) is 0 Å². The van der Waals surface area contributed by atoms with Crippen molar-refractivity contribution >= 4 is 11.6 Å². The van der Waals surface area contributed by atoms with Crippen molar-refractivity contribution in [2.45, 2.75) is 25.2 Å². The van der Waals surface area contributed by atoms with Crippen molar-refractivity contribution in [3.05, 3.63) is 70.7 Å². The number of hydrogen-bond donors (Lipinski definition) is 1. The van der Waals surface area contributed by atoms with E-state index in [4.69, 9.17) is 11.6 Å². The van der Waals surface area contributed by atoms with Gasteiger partial charge in [0.05, 0.1) is 0 Å². The van der Waals surface area contributed by atoms with Gasteiger partial charge in [-0.05, 0) is 37.1 Å². The van der Waals surface area contributed by atoms with E-state index >= 15 is 0 Å².